The fraction of sp³-hybridized carbons (Fsp3) is 0.292. The first-order valence-electron chi connectivity index (χ1n) is 10.9. The van der Waals surface area contributed by atoms with Crippen LogP contribution in [0.3, 0.4) is 0 Å². The second-order valence-corrected chi connectivity index (χ2v) is 12.4. The summed E-state index contributed by atoms with van der Waals surface area (Å²) in [7, 11) is 0.711. The molecule has 0 saturated carbocycles. The molecule has 1 aromatic carbocycles. The van der Waals surface area contributed by atoms with Crippen LogP contribution < -0.4 is 10.5 Å². The number of rotatable bonds is 9. The van der Waals surface area contributed by atoms with E-state index in [1.54, 1.807) is 22.9 Å². The number of hydrogen-bond acceptors (Lipinski definition) is 8. The van der Waals surface area contributed by atoms with Crippen molar-refractivity contribution >= 4 is 44.3 Å². The van der Waals surface area contributed by atoms with Crippen molar-refractivity contribution in [1.29, 1.82) is 0 Å². The van der Waals surface area contributed by atoms with E-state index in [-0.39, 0.29) is 10.6 Å². The molecule has 0 spiro atoms. The number of imidazole rings is 1. The molecule has 0 aliphatic heterocycles. The maximum atomic E-state index is 12.2. The van der Waals surface area contributed by atoms with Gasteiger partial charge >= 0.3 is 0 Å². The molecule has 3 heterocycles. The number of carbonyl (C=O) groups is 1. The van der Waals surface area contributed by atoms with E-state index >= 15 is 0 Å². The monoisotopic (exact) mass is 547 g/mol. The highest BCUT2D eigenvalue weighted by atomic mass is 35.5. The van der Waals surface area contributed by atoms with Gasteiger partial charge in [-0.15, -0.1) is 11.3 Å². The molecule has 0 radical (unpaired) electrons. The first kappa shape index (κ1) is 26.1. The van der Waals surface area contributed by atoms with Gasteiger partial charge in [0.15, 0.2) is 15.5 Å². The third kappa shape index (κ3) is 5.86. The molecular formula is C24H26ClN5O4S2. The average Bonchev–Trinajstić information content (AvgIpc) is 3.36. The van der Waals surface area contributed by atoms with E-state index in [4.69, 9.17) is 22.1 Å². The Kier molecular flexibility index (Phi) is 7.37. The van der Waals surface area contributed by atoms with Crippen LogP contribution in [0.2, 0.25) is 5.02 Å². The Balaban J connectivity index is 1.67. The number of aromatic nitrogens is 3. The summed E-state index contributed by atoms with van der Waals surface area (Å²) in [4.78, 5) is 23.8. The van der Waals surface area contributed by atoms with Crippen LogP contribution in [0.5, 0.6) is 5.75 Å². The van der Waals surface area contributed by atoms with E-state index in [1.165, 1.54) is 17.5 Å². The van der Waals surface area contributed by atoms with Crippen molar-refractivity contribution in [3.63, 3.8) is 0 Å². The first-order chi connectivity index (χ1) is 16.9. The van der Waals surface area contributed by atoms with Crippen LogP contribution in [-0.2, 0) is 22.1 Å². The van der Waals surface area contributed by atoms with Crippen molar-refractivity contribution in [3.8, 4) is 16.3 Å². The Hall–Kier alpha value is -2.99. The summed E-state index contributed by atoms with van der Waals surface area (Å²) in [5.74, 6) is -0.477. The number of thiophene rings is 1. The maximum absolute atomic E-state index is 12.2. The summed E-state index contributed by atoms with van der Waals surface area (Å²) in [6, 6.07) is 7.56. The fourth-order valence-corrected chi connectivity index (χ4v) is 5.83. The van der Waals surface area contributed by atoms with Gasteiger partial charge in [-0.2, -0.15) is 0 Å². The highest BCUT2D eigenvalue weighted by Gasteiger charge is 2.22. The van der Waals surface area contributed by atoms with E-state index < -0.39 is 21.8 Å². The summed E-state index contributed by atoms with van der Waals surface area (Å²) >= 11 is 7.71. The molecule has 0 aliphatic rings. The number of sulfone groups is 1. The molecule has 0 fully saturated rings. The molecule has 3 aromatic heterocycles. The highest BCUT2D eigenvalue weighted by Crippen LogP contribution is 2.39. The van der Waals surface area contributed by atoms with Gasteiger partial charge in [-0.25, -0.2) is 13.4 Å². The Morgan fingerprint density at radius 2 is 2.00 bits per heavy atom. The molecule has 1 amide bonds. The number of carbonyl (C=O) groups excluding carboxylic acids is 1. The minimum Gasteiger partial charge on any atom is -0.484 e. The maximum Gasteiger partial charge on any atom is 0.262 e. The van der Waals surface area contributed by atoms with Crippen molar-refractivity contribution in [2.75, 3.05) is 20.4 Å². The van der Waals surface area contributed by atoms with Gasteiger partial charge in [0.05, 0.1) is 34.4 Å². The zero-order valence-electron chi connectivity index (χ0n) is 20.2. The second-order valence-electron chi connectivity index (χ2n) is 8.84. The molecule has 1 atom stereocenters. The molecular weight excluding hydrogens is 522 g/mol. The molecule has 190 valence electrons. The topological polar surface area (TPSA) is 120 Å². The van der Waals surface area contributed by atoms with Crippen LogP contribution in [0.1, 0.15) is 39.5 Å². The van der Waals surface area contributed by atoms with E-state index in [0.29, 0.717) is 32.7 Å². The molecule has 0 saturated heterocycles. The van der Waals surface area contributed by atoms with Gasteiger partial charge in [0.1, 0.15) is 16.7 Å². The van der Waals surface area contributed by atoms with Crippen molar-refractivity contribution in [2.45, 2.75) is 25.3 Å². The van der Waals surface area contributed by atoms with Gasteiger partial charge in [0.2, 0.25) is 0 Å². The minimum absolute atomic E-state index is 0.197. The Morgan fingerprint density at radius 3 is 2.64 bits per heavy atom. The van der Waals surface area contributed by atoms with Crippen LogP contribution in [0.4, 0.5) is 0 Å². The van der Waals surface area contributed by atoms with Gasteiger partial charge in [-0.3, -0.25) is 14.2 Å². The van der Waals surface area contributed by atoms with Crippen LogP contribution in [0, 0.1) is 0 Å². The number of nitrogens with two attached hydrogens (primary N) is 1. The Labute approximate surface area is 218 Å². The predicted octanol–water partition coefficient (Wildman–Crippen LogP) is 3.96. The number of amides is 1. The molecule has 36 heavy (non-hydrogen) atoms. The summed E-state index contributed by atoms with van der Waals surface area (Å²) in [6.45, 7) is 2.61. The standard InChI is InChI=1S/C24H26ClN5O4S2/c1-14(17-6-5-15(7-18(17)25)11-29(2)3)34-20-8-21(35-23(20)24(26)31)19-9-28-22-10-27-16(12-30(19)22)13-36(4,32)33/h5-10,12,14H,11,13H2,1-4H3,(H2,26,31). The zero-order chi connectivity index (χ0) is 26.2. The average molecular weight is 548 g/mol. The summed E-state index contributed by atoms with van der Waals surface area (Å²) in [5, 5.41) is 0.575. The molecule has 2 N–H and O–H groups in total. The number of hydrogen-bond donors (Lipinski definition) is 1. The number of ether oxygens (including phenoxy) is 1. The normalized spacial score (nSPS) is 12.8. The van der Waals surface area contributed by atoms with E-state index in [9.17, 15) is 13.2 Å². The quantitative estimate of drug-likeness (QED) is 0.337. The third-order valence-electron chi connectivity index (χ3n) is 5.34. The second kappa shape index (κ2) is 10.2. The molecule has 0 bridgehead atoms. The van der Waals surface area contributed by atoms with Crippen LogP contribution in [-0.4, -0.2) is 53.9 Å². The van der Waals surface area contributed by atoms with Crippen LogP contribution in [0.25, 0.3) is 16.2 Å². The summed E-state index contributed by atoms with van der Waals surface area (Å²) < 4.78 is 31.3. The SMILES string of the molecule is CC(Oc1cc(-c2cnc3cnc(CS(C)(=O)=O)cn23)sc1C(N)=O)c1ccc(CN(C)C)cc1Cl. The van der Waals surface area contributed by atoms with Gasteiger partial charge in [-0.1, -0.05) is 23.7 Å². The largest absolute Gasteiger partial charge is 0.484 e. The van der Waals surface area contributed by atoms with E-state index in [1.807, 2.05) is 39.2 Å². The molecule has 12 heteroatoms. The number of primary amides is 1. The van der Waals surface area contributed by atoms with Crippen molar-refractivity contribution in [2.24, 2.45) is 5.73 Å². The fourth-order valence-electron chi connectivity index (χ4n) is 3.83. The van der Waals surface area contributed by atoms with Crippen LogP contribution >= 0.6 is 22.9 Å². The minimum atomic E-state index is -3.26. The smallest absolute Gasteiger partial charge is 0.262 e. The summed E-state index contributed by atoms with van der Waals surface area (Å²) in [5.41, 5.74) is 9.10. The van der Waals surface area contributed by atoms with Gasteiger partial charge < -0.3 is 15.4 Å². The molecule has 0 aliphatic carbocycles. The molecule has 4 aromatic rings. The third-order valence-corrected chi connectivity index (χ3v) is 7.64. The Morgan fingerprint density at radius 1 is 1.25 bits per heavy atom. The summed E-state index contributed by atoms with van der Waals surface area (Å²) in [6.07, 6.45) is 5.47. The zero-order valence-corrected chi connectivity index (χ0v) is 22.6. The molecule has 4 rings (SSSR count). The predicted molar refractivity (Wildman–Crippen MR) is 141 cm³/mol. The molecule has 9 nitrogen and oxygen atoms in total. The lowest BCUT2D eigenvalue weighted by molar-refractivity contribution is 0.0998. The van der Waals surface area contributed by atoms with E-state index in [2.05, 4.69) is 14.9 Å². The van der Waals surface area contributed by atoms with Crippen LogP contribution in [0.15, 0.2) is 42.9 Å². The van der Waals surface area contributed by atoms with Gasteiger partial charge in [0, 0.05) is 35.6 Å². The Bertz CT molecular complexity index is 1550. The van der Waals surface area contributed by atoms with Crippen molar-refractivity contribution in [3.05, 3.63) is 69.6 Å². The lowest BCUT2D eigenvalue weighted by Crippen LogP contribution is -2.13. The van der Waals surface area contributed by atoms with Gasteiger partial charge in [-0.05, 0) is 32.6 Å². The number of halogens is 1. The number of fused-ring (bicyclic) bond motifs is 1. The molecule has 1 unspecified atom stereocenters. The highest BCUT2D eigenvalue weighted by molar-refractivity contribution is 7.89. The van der Waals surface area contributed by atoms with Crippen molar-refractivity contribution in [1.82, 2.24) is 19.3 Å². The first-order valence-corrected chi connectivity index (χ1v) is 14.2. The lowest BCUT2D eigenvalue weighted by atomic mass is 10.1. The lowest BCUT2D eigenvalue weighted by Gasteiger charge is -2.17. The van der Waals surface area contributed by atoms with E-state index in [0.717, 1.165) is 23.9 Å². The number of benzene rings is 1. The van der Waals surface area contributed by atoms with Crippen molar-refractivity contribution < 1.29 is 17.9 Å². The number of nitrogens with zero attached hydrogens (tertiary/aromatic N) is 4. The van der Waals surface area contributed by atoms with Gasteiger partial charge in [0.25, 0.3) is 5.91 Å².